The fraction of sp³-hybridized carbons (Fsp3) is 0.263. The summed E-state index contributed by atoms with van der Waals surface area (Å²) in [6.07, 6.45) is 3.13. The minimum atomic E-state index is -0.212. The largest absolute Gasteiger partial charge is 0.268 e. The molecule has 0 spiro atoms. The van der Waals surface area contributed by atoms with E-state index in [0.29, 0.717) is 16.5 Å². The fourth-order valence-electron chi connectivity index (χ4n) is 7.73. The fourth-order valence-corrected chi connectivity index (χ4v) is 7.73. The van der Waals surface area contributed by atoms with E-state index in [2.05, 4.69) is 64.1 Å². The summed E-state index contributed by atoms with van der Waals surface area (Å²) < 4.78 is 1.43. The van der Waals surface area contributed by atoms with E-state index >= 15 is 0 Å². The van der Waals surface area contributed by atoms with Crippen molar-refractivity contribution in [2.24, 2.45) is 0 Å². The van der Waals surface area contributed by atoms with Gasteiger partial charge in [0.25, 0.3) is 11.1 Å². The lowest BCUT2D eigenvalue weighted by Crippen LogP contribution is -2.24. The van der Waals surface area contributed by atoms with Crippen LogP contribution in [0.4, 0.5) is 0 Å². The molecule has 8 rings (SSSR count). The van der Waals surface area contributed by atoms with Crippen LogP contribution >= 0.6 is 0 Å². The van der Waals surface area contributed by atoms with Gasteiger partial charge < -0.3 is 0 Å². The summed E-state index contributed by atoms with van der Waals surface area (Å²) in [6.45, 7) is 12.9. The Morgan fingerprint density at radius 2 is 1.27 bits per heavy atom. The predicted octanol–water partition coefficient (Wildman–Crippen LogP) is 9.13. The Kier molecular flexibility index (Phi) is 4.75. The highest BCUT2D eigenvalue weighted by Gasteiger charge is 2.30. The summed E-state index contributed by atoms with van der Waals surface area (Å²) in [5.74, 6) is 0. The van der Waals surface area contributed by atoms with Crippen LogP contribution < -0.4 is 11.1 Å². The first kappa shape index (κ1) is 24.5. The molecular formula is C38H33NO2. The van der Waals surface area contributed by atoms with E-state index in [1.807, 2.05) is 32.0 Å². The SMILES string of the molecule is CCCCc1cc2c3c(=O)n(-c4ccc(C)cc4C)c(=O)c3c3cc(C(C)(C)C)c4ccc5ccc1c1c5c4c3c21. The maximum absolute atomic E-state index is 14.5. The lowest BCUT2D eigenvalue weighted by molar-refractivity contribution is 0.596. The molecule has 0 amide bonds. The van der Waals surface area contributed by atoms with Gasteiger partial charge >= 0.3 is 0 Å². The van der Waals surface area contributed by atoms with Crippen LogP contribution in [-0.2, 0) is 11.8 Å². The standard InChI is InChI=1S/C38H33NO2/c1-7-8-9-22-17-25-32-30-23(22)13-11-21-12-14-24-27(38(4,5)6)18-26(33(32)31(24)29(21)30)35-34(25)36(40)39(37(35)41)28-15-10-19(2)16-20(28)3/h10-18H,7-9H2,1-6H3. The van der Waals surface area contributed by atoms with Crippen LogP contribution in [0.3, 0.4) is 0 Å². The Hall–Kier alpha value is -4.24. The zero-order valence-corrected chi connectivity index (χ0v) is 24.6. The summed E-state index contributed by atoms with van der Waals surface area (Å²) in [5, 5.41) is 12.8. The second-order valence-electron chi connectivity index (χ2n) is 13.2. The molecule has 0 radical (unpaired) electrons. The van der Waals surface area contributed by atoms with Crippen molar-refractivity contribution in [3.8, 4) is 5.69 Å². The second-order valence-corrected chi connectivity index (χ2v) is 13.2. The third-order valence-corrected chi connectivity index (χ3v) is 9.54. The maximum Gasteiger partial charge on any atom is 0.266 e. The van der Waals surface area contributed by atoms with Crippen LogP contribution in [0, 0.1) is 13.8 Å². The lowest BCUT2D eigenvalue weighted by Gasteiger charge is -2.23. The summed E-state index contributed by atoms with van der Waals surface area (Å²) in [7, 11) is 0. The van der Waals surface area contributed by atoms with E-state index < -0.39 is 0 Å². The molecule has 0 saturated carbocycles. The topological polar surface area (TPSA) is 39.1 Å². The van der Waals surface area contributed by atoms with Crippen molar-refractivity contribution in [1.82, 2.24) is 4.57 Å². The number of fused-ring (bicyclic) bond motifs is 3. The third-order valence-electron chi connectivity index (χ3n) is 9.54. The summed E-state index contributed by atoms with van der Waals surface area (Å²) in [6, 6.07) is 19.5. The Labute approximate surface area is 238 Å². The van der Waals surface area contributed by atoms with Crippen molar-refractivity contribution >= 4 is 64.6 Å². The molecule has 8 aromatic rings. The lowest BCUT2D eigenvalue weighted by atomic mass is 9.81. The molecule has 0 aliphatic heterocycles. The van der Waals surface area contributed by atoms with E-state index in [4.69, 9.17) is 0 Å². The molecule has 0 N–H and O–H groups in total. The quantitative estimate of drug-likeness (QED) is 0.211. The number of benzene rings is 6. The smallest absolute Gasteiger partial charge is 0.266 e. The number of hydrogen-bond acceptors (Lipinski definition) is 2. The van der Waals surface area contributed by atoms with Gasteiger partial charge in [0.05, 0.1) is 16.5 Å². The third kappa shape index (κ3) is 2.99. The first-order valence-corrected chi connectivity index (χ1v) is 14.9. The number of unbranched alkanes of at least 4 members (excludes halogenated alkanes) is 1. The van der Waals surface area contributed by atoms with Crippen molar-refractivity contribution in [3.63, 3.8) is 0 Å². The molecule has 41 heavy (non-hydrogen) atoms. The van der Waals surface area contributed by atoms with Gasteiger partial charge in [-0.15, -0.1) is 0 Å². The molecule has 0 aliphatic rings. The van der Waals surface area contributed by atoms with Crippen LogP contribution in [-0.4, -0.2) is 4.57 Å². The van der Waals surface area contributed by atoms with Crippen LogP contribution in [0.25, 0.3) is 70.3 Å². The average Bonchev–Trinajstić information content (AvgIpc) is 3.42. The molecule has 0 saturated heterocycles. The van der Waals surface area contributed by atoms with Crippen molar-refractivity contribution in [1.29, 1.82) is 0 Å². The van der Waals surface area contributed by atoms with E-state index in [0.717, 1.165) is 51.9 Å². The predicted molar refractivity (Wildman–Crippen MR) is 175 cm³/mol. The van der Waals surface area contributed by atoms with Crippen molar-refractivity contribution < 1.29 is 0 Å². The van der Waals surface area contributed by atoms with Gasteiger partial charge in [0, 0.05) is 0 Å². The van der Waals surface area contributed by atoms with Gasteiger partial charge in [-0.3, -0.25) is 9.59 Å². The number of hydrogen-bond donors (Lipinski definition) is 0. The molecule has 0 fully saturated rings. The monoisotopic (exact) mass is 535 g/mol. The van der Waals surface area contributed by atoms with Crippen molar-refractivity contribution in [3.05, 3.63) is 97.6 Å². The van der Waals surface area contributed by atoms with E-state index in [-0.39, 0.29) is 16.5 Å². The van der Waals surface area contributed by atoms with Gasteiger partial charge in [-0.05, 0) is 121 Å². The molecule has 0 atom stereocenters. The molecule has 3 nitrogen and oxygen atoms in total. The first-order valence-electron chi connectivity index (χ1n) is 14.9. The van der Waals surface area contributed by atoms with Gasteiger partial charge in [0.1, 0.15) is 0 Å². The van der Waals surface area contributed by atoms with Gasteiger partial charge in [0.15, 0.2) is 0 Å². The molecule has 3 heteroatoms. The average molecular weight is 536 g/mol. The number of aromatic nitrogens is 1. The van der Waals surface area contributed by atoms with Gasteiger partial charge in [0.2, 0.25) is 0 Å². The first-order chi connectivity index (χ1) is 19.6. The summed E-state index contributed by atoms with van der Waals surface area (Å²) >= 11 is 0. The zero-order chi connectivity index (χ0) is 28.5. The molecule has 0 aliphatic carbocycles. The highest BCUT2D eigenvalue weighted by atomic mass is 16.2. The molecule has 202 valence electrons. The molecule has 0 bridgehead atoms. The van der Waals surface area contributed by atoms with Crippen LogP contribution in [0.1, 0.15) is 62.8 Å². The van der Waals surface area contributed by atoms with Crippen molar-refractivity contribution in [2.75, 3.05) is 0 Å². The van der Waals surface area contributed by atoms with Gasteiger partial charge in [-0.25, -0.2) is 4.57 Å². The van der Waals surface area contributed by atoms with E-state index in [1.165, 1.54) is 48.0 Å². The van der Waals surface area contributed by atoms with Gasteiger partial charge in [-0.1, -0.05) is 76.1 Å². The number of nitrogens with zero attached hydrogens (tertiary/aromatic N) is 1. The Morgan fingerprint density at radius 3 is 1.90 bits per heavy atom. The van der Waals surface area contributed by atoms with Crippen LogP contribution in [0.15, 0.2) is 64.2 Å². The summed E-state index contributed by atoms with van der Waals surface area (Å²) in [5.41, 5.74) is 4.63. The molecule has 0 unspecified atom stereocenters. The van der Waals surface area contributed by atoms with Gasteiger partial charge in [-0.2, -0.15) is 0 Å². The highest BCUT2D eigenvalue weighted by Crippen LogP contribution is 2.52. The Bertz CT molecular complexity index is 2440. The van der Waals surface area contributed by atoms with Crippen molar-refractivity contribution in [2.45, 2.75) is 66.2 Å². The molecule has 7 aromatic carbocycles. The van der Waals surface area contributed by atoms with Crippen LogP contribution in [0.2, 0.25) is 0 Å². The van der Waals surface area contributed by atoms with Crippen LogP contribution in [0.5, 0.6) is 0 Å². The molecule has 1 heterocycles. The number of aryl methyl sites for hydroxylation is 3. The number of rotatable bonds is 4. The minimum Gasteiger partial charge on any atom is -0.268 e. The Morgan fingerprint density at radius 1 is 0.659 bits per heavy atom. The van der Waals surface area contributed by atoms with E-state index in [1.54, 1.807) is 0 Å². The summed E-state index contributed by atoms with van der Waals surface area (Å²) in [4.78, 5) is 29.0. The Balaban J connectivity index is 1.71. The maximum atomic E-state index is 14.5. The normalized spacial score (nSPS) is 13.1. The zero-order valence-electron chi connectivity index (χ0n) is 24.6. The molecular weight excluding hydrogens is 502 g/mol. The highest BCUT2D eigenvalue weighted by molar-refractivity contribution is 6.48. The second kappa shape index (κ2) is 7.94. The minimum absolute atomic E-state index is 0.141. The van der Waals surface area contributed by atoms with E-state index in [9.17, 15) is 9.59 Å². The molecule has 1 aromatic heterocycles.